The van der Waals surface area contributed by atoms with Gasteiger partial charge in [-0.1, -0.05) is 18.6 Å². The highest BCUT2D eigenvalue weighted by Gasteiger charge is 2.11. The molecule has 1 aliphatic rings. The fourth-order valence-electron chi connectivity index (χ4n) is 2.69. The molecule has 18 heavy (non-hydrogen) atoms. The maximum Gasteiger partial charge on any atom is 0.121 e. The second kappa shape index (κ2) is 4.48. The van der Waals surface area contributed by atoms with Crippen molar-refractivity contribution in [3.05, 3.63) is 35.4 Å². The molecule has 1 aromatic heterocycles. The van der Waals surface area contributed by atoms with Crippen LogP contribution in [0.1, 0.15) is 30.4 Å². The fraction of sp³-hybridized carbons (Fsp3) is 0.400. The van der Waals surface area contributed by atoms with Crippen LogP contribution in [0.15, 0.2) is 24.3 Å². The number of nitrogen functional groups attached to an aromatic ring is 1. The Bertz CT molecular complexity index is 550. The number of rotatable bonds is 1. The molecule has 0 spiro atoms. The molecule has 1 aliphatic carbocycles. The van der Waals surface area contributed by atoms with E-state index in [2.05, 4.69) is 23.3 Å². The van der Waals surface area contributed by atoms with Crippen LogP contribution < -0.4 is 5.73 Å². The Hall–Kier alpha value is -1.77. The summed E-state index contributed by atoms with van der Waals surface area (Å²) in [4.78, 5) is 0. The van der Waals surface area contributed by atoms with Crippen molar-refractivity contribution in [2.45, 2.75) is 32.1 Å². The van der Waals surface area contributed by atoms with Gasteiger partial charge in [-0.15, -0.1) is 0 Å². The van der Waals surface area contributed by atoms with Crippen LogP contribution in [0.25, 0.3) is 11.3 Å². The average Bonchev–Trinajstić information content (AvgIpc) is 2.60. The maximum atomic E-state index is 5.84. The Labute approximate surface area is 108 Å². The second-order valence-electron chi connectivity index (χ2n) is 5.12. The number of hydrogen-bond donors (Lipinski definition) is 1. The molecule has 1 aromatic carbocycles. The van der Waals surface area contributed by atoms with E-state index in [9.17, 15) is 0 Å². The van der Waals surface area contributed by atoms with Crippen LogP contribution in [0.5, 0.6) is 0 Å². The number of fused-ring (bicyclic) bond motifs is 1. The van der Waals surface area contributed by atoms with E-state index in [1.165, 1.54) is 48.8 Å². The quantitative estimate of drug-likeness (QED) is 0.780. The average molecular weight is 241 g/mol. The van der Waals surface area contributed by atoms with Gasteiger partial charge in [0.25, 0.3) is 0 Å². The largest absolute Gasteiger partial charge is 0.384 e. The molecule has 0 radical (unpaired) electrons. The highest BCUT2D eigenvalue weighted by atomic mass is 15.3. The van der Waals surface area contributed by atoms with Gasteiger partial charge in [-0.3, -0.25) is 4.68 Å². The number of nitrogens with two attached hydrogens (primary N) is 1. The first-order valence-electron chi connectivity index (χ1n) is 6.66. The van der Waals surface area contributed by atoms with Crippen molar-refractivity contribution in [2.24, 2.45) is 7.05 Å². The zero-order valence-corrected chi connectivity index (χ0v) is 10.8. The van der Waals surface area contributed by atoms with E-state index >= 15 is 0 Å². The lowest BCUT2D eigenvalue weighted by Crippen LogP contribution is -1.96. The van der Waals surface area contributed by atoms with Gasteiger partial charge < -0.3 is 5.73 Å². The van der Waals surface area contributed by atoms with E-state index in [-0.39, 0.29) is 0 Å². The molecule has 0 amide bonds. The number of aryl methyl sites for hydroxylation is 3. The topological polar surface area (TPSA) is 43.8 Å². The highest BCUT2D eigenvalue weighted by molar-refractivity contribution is 5.64. The van der Waals surface area contributed by atoms with Gasteiger partial charge in [-0.05, 0) is 42.9 Å². The molecular formula is C15H19N3. The second-order valence-corrected chi connectivity index (χ2v) is 5.12. The lowest BCUT2D eigenvalue weighted by atomic mass is 9.99. The monoisotopic (exact) mass is 241 g/mol. The molecule has 1 heterocycles. The minimum absolute atomic E-state index is 0.708. The smallest absolute Gasteiger partial charge is 0.121 e. The SMILES string of the molecule is Cn1nc(-c2ccc3c(c2)CCCCC3)cc1N. The lowest BCUT2D eigenvalue weighted by Gasteiger charge is -2.07. The summed E-state index contributed by atoms with van der Waals surface area (Å²) in [5, 5.41) is 4.44. The summed E-state index contributed by atoms with van der Waals surface area (Å²) in [6, 6.07) is 8.67. The van der Waals surface area contributed by atoms with Gasteiger partial charge in [-0.2, -0.15) is 5.10 Å². The normalized spacial score (nSPS) is 15.2. The maximum absolute atomic E-state index is 5.84. The summed E-state index contributed by atoms with van der Waals surface area (Å²) in [5.74, 6) is 0.708. The van der Waals surface area contributed by atoms with Crippen LogP contribution in [0, 0.1) is 0 Å². The summed E-state index contributed by atoms with van der Waals surface area (Å²) in [5.41, 5.74) is 11.0. The molecule has 0 aliphatic heterocycles. The van der Waals surface area contributed by atoms with Gasteiger partial charge in [0.05, 0.1) is 5.69 Å². The van der Waals surface area contributed by atoms with E-state index in [0.29, 0.717) is 5.82 Å². The first-order chi connectivity index (χ1) is 8.74. The summed E-state index contributed by atoms with van der Waals surface area (Å²) < 4.78 is 1.72. The Kier molecular flexibility index (Phi) is 2.82. The van der Waals surface area contributed by atoms with Crippen molar-refractivity contribution in [3.63, 3.8) is 0 Å². The highest BCUT2D eigenvalue weighted by Crippen LogP contribution is 2.27. The Balaban J connectivity index is 2.01. The van der Waals surface area contributed by atoms with Gasteiger partial charge in [-0.25, -0.2) is 0 Å². The third kappa shape index (κ3) is 2.01. The predicted molar refractivity (Wildman–Crippen MR) is 74.3 cm³/mol. The molecule has 0 unspecified atom stereocenters. The minimum atomic E-state index is 0.708. The van der Waals surface area contributed by atoms with Crippen LogP contribution >= 0.6 is 0 Å². The molecule has 0 saturated heterocycles. The number of nitrogens with zero attached hydrogens (tertiary/aromatic N) is 2. The zero-order valence-electron chi connectivity index (χ0n) is 10.8. The molecule has 0 fully saturated rings. The van der Waals surface area contributed by atoms with Crippen molar-refractivity contribution >= 4 is 5.82 Å². The van der Waals surface area contributed by atoms with Crippen molar-refractivity contribution < 1.29 is 0 Å². The van der Waals surface area contributed by atoms with Gasteiger partial charge in [0.1, 0.15) is 5.82 Å². The van der Waals surface area contributed by atoms with Crippen molar-refractivity contribution in [3.8, 4) is 11.3 Å². The van der Waals surface area contributed by atoms with Crippen LogP contribution in [0.4, 0.5) is 5.82 Å². The first-order valence-corrected chi connectivity index (χ1v) is 6.66. The van der Waals surface area contributed by atoms with Gasteiger partial charge in [0.2, 0.25) is 0 Å². The van der Waals surface area contributed by atoms with Crippen LogP contribution in [0.2, 0.25) is 0 Å². The van der Waals surface area contributed by atoms with Crippen molar-refractivity contribution in [2.75, 3.05) is 5.73 Å². The molecule has 3 nitrogen and oxygen atoms in total. The number of benzene rings is 1. The lowest BCUT2D eigenvalue weighted by molar-refractivity contribution is 0.711. The standard InChI is InChI=1S/C15H19N3/c1-18-15(16)10-14(17-18)13-8-7-11-5-3-2-4-6-12(11)9-13/h7-10H,2-6,16H2,1H3. The predicted octanol–water partition coefficient (Wildman–Crippen LogP) is 2.94. The van der Waals surface area contributed by atoms with E-state index < -0.39 is 0 Å². The van der Waals surface area contributed by atoms with E-state index in [1.54, 1.807) is 4.68 Å². The zero-order chi connectivity index (χ0) is 12.5. The summed E-state index contributed by atoms with van der Waals surface area (Å²) in [6.07, 6.45) is 6.40. The fourth-order valence-corrected chi connectivity index (χ4v) is 2.69. The van der Waals surface area contributed by atoms with Crippen LogP contribution in [-0.2, 0) is 19.9 Å². The van der Waals surface area contributed by atoms with E-state index in [0.717, 1.165) is 5.69 Å². The Morgan fingerprint density at radius 1 is 1.06 bits per heavy atom. The van der Waals surface area contributed by atoms with E-state index in [4.69, 9.17) is 5.73 Å². The van der Waals surface area contributed by atoms with Gasteiger partial charge >= 0.3 is 0 Å². The molecule has 3 heteroatoms. The third-order valence-electron chi connectivity index (χ3n) is 3.81. The summed E-state index contributed by atoms with van der Waals surface area (Å²) in [6.45, 7) is 0. The van der Waals surface area contributed by atoms with Crippen LogP contribution in [0.3, 0.4) is 0 Å². The Morgan fingerprint density at radius 2 is 1.83 bits per heavy atom. The third-order valence-corrected chi connectivity index (χ3v) is 3.81. The molecule has 0 saturated carbocycles. The molecule has 0 bridgehead atoms. The number of aromatic nitrogens is 2. The molecule has 3 rings (SSSR count). The van der Waals surface area contributed by atoms with Gasteiger partial charge in [0.15, 0.2) is 0 Å². The number of anilines is 1. The summed E-state index contributed by atoms with van der Waals surface area (Å²) >= 11 is 0. The van der Waals surface area contributed by atoms with Crippen molar-refractivity contribution in [1.82, 2.24) is 9.78 Å². The van der Waals surface area contributed by atoms with E-state index in [1.807, 2.05) is 13.1 Å². The minimum Gasteiger partial charge on any atom is -0.384 e. The molecule has 0 atom stereocenters. The first kappa shape index (κ1) is 11.3. The van der Waals surface area contributed by atoms with Gasteiger partial charge in [0, 0.05) is 18.7 Å². The summed E-state index contributed by atoms with van der Waals surface area (Å²) in [7, 11) is 1.88. The molecule has 2 N–H and O–H groups in total. The molecular weight excluding hydrogens is 222 g/mol. The Morgan fingerprint density at radius 3 is 2.56 bits per heavy atom. The van der Waals surface area contributed by atoms with Crippen molar-refractivity contribution in [1.29, 1.82) is 0 Å². The molecule has 94 valence electrons. The number of hydrogen-bond acceptors (Lipinski definition) is 2. The van der Waals surface area contributed by atoms with Crippen LogP contribution in [-0.4, -0.2) is 9.78 Å². The molecule has 2 aromatic rings.